The standard InChI is InChI=1S/C11H13N7OS/c1-6-14-8(19-18-6)2-4-13-9-7-3-5-20-10(7)16-11(15-9)17-12/h3,5H,2,4,12H2,1H3,(H2,13,15,16,17). The van der Waals surface area contributed by atoms with Crippen molar-refractivity contribution >= 4 is 33.3 Å². The first-order valence-corrected chi connectivity index (χ1v) is 6.89. The lowest BCUT2D eigenvalue weighted by atomic mass is 10.3. The molecule has 0 aliphatic carbocycles. The summed E-state index contributed by atoms with van der Waals surface area (Å²) in [5.74, 6) is 7.73. The molecule has 8 nitrogen and oxygen atoms in total. The Hall–Kier alpha value is -2.26. The molecule has 104 valence electrons. The average Bonchev–Trinajstić information content (AvgIpc) is 3.07. The minimum Gasteiger partial charge on any atom is -0.369 e. The number of nitrogens with one attached hydrogen (secondary N) is 2. The number of aromatic nitrogens is 4. The molecule has 3 aromatic rings. The number of aryl methyl sites for hydroxylation is 1. The fourth-order valence-corrected chi connectivity index (χ4v) is 2.55. The molecular formula is C11H13N7OS. The molecule has 4 N–H and O–H groups in total. The number of nitrogens with zero attached hydrogens (tertiary/aromatic N) is 4. The topological polar surface area (TPSA) is 115 Å². The third-order valence-electron chi connectivity index (χ3n) is 2.66. The zero-order valence-corrected chi connectivity index (χ0v) is 11.6. The van der Waals surface area contributed by atoms with Crippen molar-refractivity contribution in [3.63, 3.8) is 0 Å². The van der Waals surface area contributed by atoms with Gasteiger partial charge in [-0.1, -0.05) is 5.16 Å². The highest BCUT2D eigenvalue weighted by atomic mass is 32.1. The smallest absolute Gasteiger partial charge is 0.240 e. The average molecular weight is 291 g/mol. The summed E-state index contributed by atoms with van der Waals surface area (Å²) in [4.78, 5) is 13.6. The van der Waals surface area contributed by atoms with Gasteiger partial charge in [-0.3, -0.25) is 5.43 Å². The third kappa shape index (κ3) is 2.53. The summed E-state index contributed by atoms with van der Waals surface area (Å²) in [5.41, 5.74) is 2.46. The highest BCUT2D eigenvalue weighted by molar-refractivity contribution is 7.16. The fourth-order valence-electron chi connectivity index (χ4n) is 1.78. The maximum atomic E-state index is 5.37. The molecule has 0 radical (unpaired) electrons. The van der Waals surface area contributed by atoms with Gasteiger partial charge in [0.05, 0.1) is 5.39 Å². The van der Waals surface area contributed by atoms with Crippen molar-refractivity contribution in [1.82, 2.24) is 20.1 Å². The number of nitrogen functional groups attached to an aromatic ring is 1. The van der Waals surface area contributed by atoms with Crippen LogP contribution in [-0.2, 0) is 6.42 Å². The molecular weight excluding hydrogens is 278 g/mol. The van der Waals surface area contributed by atoms with Crippen LogP contribution in [0.4, 0.5) is 11.8 Å². The number of thiophene rings is 1. The fraction of sp³-hybridized carbons (Fsp3) is 0.273. The number of hydrogen-bond donors (Lipinski definition) is 3. The van der Waals surface area contributed by atoms with E-state index in [1.54, 1.807) is 6.92 Å². The molecule has 0 aliphatic heterocycles. The maximum Gasteiger partial charge on any atom is 0.240 e. The summed E-state index contributed by atoms with van der Waals surface area (Å²) in [7, 11) is 0. The van der Waals surface area contributed by atoms with Crippen LogP contribution in [0, 0.1) is 6.92 Å². The van der Waals surface area contributed by atoms with Gasteiger partial charge >= 0.3 is 0 Å². The van der Waals surface area contributed by atoms with Crippen LogP contribution in [0.15, 0.2) is 16.0 Å². The summed E-state index contributed by atoms with van der Waals surface area (Å²) in [6.45, 7) is 2.42. The number of rotatable bonds is 5. The maximum absolute atomic E-state index is 5.37. The van der Waals surface area contributed by atoms with E-state index in [1.165, 1.54) is 11.3 Å². The molecule has 0 unspecified atom stereocenters. The van der Waals surface area contributed by atoms with Crippen LogP contribution in [-0.4, -0.2) is 26.7 Å². The molecule has 0 aromatic carbocycles. The second-order valence-electron chi connectivity index (χ2n) is 4.09. The molecule has 0 bridgehead atoms. The number of nitrogens with two attached hydrogens (primary N) is 1. The van der Waals surface area contributed by atoms with Crippen LogP contribution < -0.4 is 16.6 Å². The van der Waals surface area contributed by atoms with Crippen molar-refractivity contribution in [3.8, 4) is 0 Å². The van der Waals surface area contributed by atoms with E-state index in [-0.39, 0.29) is 0 Å². The van der Waals surface area contributed by atoms with Crippen LogP contribution in [0.25, 0.3) is 10.2 Å². The number of hydrogen-bond acceptors (Lipinski definition) is 9. The van der Waals surface area contributed by atoms with Gasteiger partial charge in [0.2, 0.25) is 11.8 Å². The first-order valence-electron chi connectivity index (χ1n) is 6.01. The van der Waals surface area contributed by atoms with Crippen molar-refractivity contribution in [3.05, 3.63) is 23.2 Å². The Morgan fingerprint density at radius 1 is 1.35 bits per heavy atom. The molecule has 0 saturated heterocycles. The van der Waals surface area contributed by atoms with Crippen molar-refractivity contribution in [2.45, 2.75) is 13.3 Å². The second kappa shape index (κ2) is 5.39. The highest BCUT2D eigenvalue weighted by Crippen LogP contribution is 2.26. The van der Waals surface area contributed by atoms with E-state index in [4.69, 9.17) is 10.4 Å². The lowest BCUT2D eigenvalue weighted by Gasteiger charge is -2.07. The predicted molar refractivity (Wildman–Crippen MR) is 76.5 cm³/mol. The zero-order valence-electron chi connectivity index (χ0n) is 10.8. The lowest BCUT2D eigenvalue weighted by Crippen LogP contribution is -2.13. The SMILES string of the molecule is Cc1noc(CCNc2nc(NN)nc3sccc23)n1. The largest absolute Gasteiger partial charge is 0.369 e. The van der Waals surface area contributed by atoms with Gasteiger partial charge in [-0.2, -0.15) is 9.97 Å². The van der Waals surface area contributed by atoms with Gasteiger partial charge in [-0.15, -0.1) is 11.3 Å². The molecule has 9 heteroatoms. The molecule has 20 heavy (non-hydrogen) atoms. The molecule has 0 saturated carbocycles. The zero-order chi connectivity index (χ0) is 13.9. The monoisotopic (exact) mass is 291 g/mol. The quantitative estimate of drug-likeness (QED) is 0.476. The van der Waals surface area contributed by atoms with Crippen LogP contribution in [0.5, 0.6) is 0 Å². The summed E-state index contributed by atoms with van der Waals surface area (Å²) in [6, 6.07) is 1.97. The van der Waals surface area contributed by atoms with Gasteiger partial charge in [-0.05, 0) is 18.4 Å². The molecule has 0 aliphatic rings. The predicted octanol–water partition coefficient (Wildman–Crippen LogP) is 1.32. The van der Waals surface area contributed by atoms with Gasteiger partial charge in [0.15, 0.2) is 5.82 Å². The van der Waals surface area contributed by atoms with E-state index in [9.17, 15) is 0 Å². The Morgan fingerprint density at radius 3 is 3.00 bits per heavy atom. The van der Waals surface area contributed by atoms with E-state index in [2.05, 4.69) is 30.9 Å². The van der Waals surface area contributed by atoms with Gasteiger partial charge < -0.3 is 9.84 Å². The molecule has 0 fully saturated rings. The molecule has 3 aromatic heterocycles. The van der Waals surface area contributed by atoms with E-state index in [1.807, 2.05) is 11.4 Å². The normalized spacial score (nSPS) is 10.9. The van der Waals surface area contributed by atoms with Gasteiger partial charge in [0.25, 0.3) is 0 Å². The Bertz CT molecular complexity index is 722. The minimum absolute atomic E-state index is 0.385. The molecule has 3 heterocycles. The summed E-state index contributed by atoms with van der Waals surface area (Å²) < 4.78 is 5.06. The molecule has 0 atom stereocenters. The number of hydrazine groups is 1. The number of anilines is 2. The molecule has 3 rings (SSSR count). The molecule has 0 amide bonds. The van der Waals surface area contributed by atoms with Gasteiger partial charge in [0.1, 0.15) is 10.6 Å². The van der Waals surface area contributed by atoms with Crippen LogP contribution >= 0.6 is 11.3 Å². The highest BCUT2D eigenvalue weighted by Gasteiger charge is 2.09. The minimum atomic E-state index is 0.385. The first kappa shape index (κ1) is 12.8. The van der Waals surface area contributed by atoms with Crippen molar-refractivity contribution < 1.29 is 4.52 Å². The Balaban J connectivity index is 1.74. The summed E-state index contributed by atoms with van der Waals surface area (Å²) in [6.07, 6.45) is 0.627. The second-order valence-corrected chi connectivity index (χ2v) is 4.99. The van der Waals surface area contributed by atoms with Crippen LogP contribution in [0.3, 0.4) is 0 Å². The molecule has 0 spiro atoms. The van der Waals surface area contributed by atoms with Crippen molar-refractivity contribution in [1.29, 1.82) is 0 Å². The van der Waals surface area contributed by atoms with Crippen LogP contribution in [0.1, 0.15) is 11.7 Å². The van der Waals surface area contributed by atoms with Crippen molar-refractivity contribution in [2.24, 2.45) is 5.84 Å². The first-order chi connectivity index (χ1) is 9.76. The van der Waals surface area contributed by atoms with Gasteiger partial charge in [0, 0.05) is 13.0 Å². The summed E-state index contributed by atoms with van der Waals surface area (Å²) >= 11 is 1.54. The van der Waals surface area contributed by atoms with Crippen molar-refractivity contribution in [2.75, 3.05) is 17.3 Å². The lowest BCUT2D eigenvalue weighted by molar-refractivity contribution is 0.377. The number of fused-ring (bicyclic) bond motifs is 1. The van der Waals surface area contributed by atoms with E-state index in [0.29, 0.717) is 30.6 Å². The Morgan fingerprint density at radius 2 is 2.25 bits per heavy atom. The Labute approximate surface area is 118 Å². The van der Waals surface area contributed by atoms with E-state index in [0.717, 1.165) is 16.0 Å². The summed E-state index contributed by atoms with van der Waals surface area (Å²) in [5, 5.41) is 9.92. The third-order valence-corrected chi connectivity index (χ3v) is 3.46. The van der Waals surface area contributed by atoms with Gasteiger partial charge in [-0.25, -0.2) is 10.8 Å². The van der Waals surface area contributed by atoms with E-state index < -0.39 is 0 Å². The Kier molecular flexibility index (Phi) is 3.44. The van der Waals surface area contributed by atoms with Crippen LogP contribution in [0.2, 0.25) is 0 Å². The van der Waals surface area contributed by atoms with E-state index >= 15 is 0 Å².